The van der Waals surface area contributed by atoms with E-state index in [1.165, 1.54) is 0 Å². The van der Waals surface area contributed by atoms with E-state index >= 15 is 0 Å². The minimum absolute atomic E-state index is 0.0835. The lowest BCUT2D eigenvalue weighted by Gasteiger charge is -2.26. The summed E-state index contributed by atoms with van der Waals surface area (Å²) in [6.07, 6.45) is 4.30. The van der Waals surface area contributed by atoms with Crippen LogP contribution in [0.25, 0.3) is 5.57 Å². The molecule has 0 amide bonds. The van der Waals surface area contributed by atoms with Gasteiger partial charge in [0.05, 0.1) is 18.3 Å². The molecule has 6 heteroatoms. The summed E-state index contributed by atoms with van der Waals surface area (Å²) in [6.45, 7) is 0. The van der Waals surface area contributed by atoms with Crippen molar-refractivity contribution in [3.63, 3.8) is 0 Å². The minimum atomic E-state index is -0.559. The zero-order valence-corrected chi connectivity index (χ0v) is 12.5. The van der Waals surface area contributed by atoms with E-state index in [-0.39, 0.29) is 23.4 Å². The molecule has 6 nitrogen and oxygen atoms in total. The van der Waals surface area contributed by atoms with Gasteiger partial charge in [-0.1, -0.05) is 0 Å². The fourth-order valence-corrected chi connectivity index (χ4v) is 4.05. The average molecular weight is 314 g/mol. The molecular weight excluding hydrogens is 300 g/mol. The van der Waals surface area contributed by atoms with Gasteiger partial charge < -0.3 is 18.6 Å². The van der Waals surface area contributed by atoms with Gasteiger partial charge in [0.15, 0.2) is 5.78 Å². The Morgan fingerprint density at radius 2 is 2.13 bits per heavy atom. The summed E-state index contributed by atoms with van der Waals surface area (Å²) in [5.74, 6) is 1.02. The predicted octanol–water partition coefficient (Wildman–Crippen LogP) is 2.09. The first-order valence-electron chi connectivity index (χ1n) is 7.67. The predicted molar refractivity (Wildman–Crippen MR) is 77.5 cm³/mol. The van der Waals surface area contributed by atoms with Crippen LogP contribution in [0.3, 0.4) is 0 Å². The summed E-state index contributed by atoms with van der Waals surface area (Å²) in [5, 5.41) is 0. The average Bonchev–Trinajstić information content (AvgIpc) is 3.20. The molecular formula is C17H14O6. The molecule has 0 N–H and O–H groups in total. The zero-order chi connectivity index (χ0) is 15.7. The van der Waals surface area contributed by atoms with E-state index in [1.807, 2.05) is 6.08 Å². The number of fused-ring (bicyclic) bond motifs is 6. The van der Waals surface area contributed by atoms with Gasteiger partial charge in [-0.3, -0.25) is 4.79 Å². The monoisotopic (exact) mass is 314 g/mol. The van der Waals surface area contributed by atoms with Crippen molar-refractivity contribution in [3.05, 3.63) is 51.0 Å². The zero-order valence-electron chi connectivity index (χ0n) is 12.5. The summed E-state index contributed by atoms with van der Waals surface area (Å²) >= 11 is 0. The van der Waals surface area contributed by atoms with Crippen LogP contribution >= 0.6 is 0 Å². The van der Waals surface area contributed by atoms with Crippen molar-refractivity contribution in [3.8, 4) is 0 Å². The molecule has 0 radical (unpaired) electrons. The number of hydrogen-bond donors (Lipinski definition) is 0. The second-order valence-electron chi connectivity index (χ2n) is 6.15. The second-order valence-corrected chi connectivity index (χ2v) is 6.15. The Hall–Kier alpha value is -2.34. The van der Waals surface area contributed by atoms with Crippen molar-refractivity contribution in [1.29, 1.82) is 0 Å². The number of hydrogen-bond acceptors (Lipinski definition) is 6. The smallest absolute Gasteiger partial charge is 0.347 e. The molecule has 0 saturated carbocycles. The Morgan fingerprint density at radius 1 is 1.26 bits per heavy atom. The number of rotatable bonds is 1. The summed E-state index contributed by atoms with van der Waals surface area (Å²) in [7, 11) is 1.61. The number of carbonyl (C=O) groups is 1. The summed E-state index contributed by atoms with van der Waals surface area (Å²) in [4.78, 5) is 24.3. The van der Waals surface area contributed by atoms with E-state index in [2.05, 4.69) is 0 Å². The highest BCUT2D eigenvalue weighted by Gasteiger charge is 2.47. The van der Waals surface area contributed by atoms with Crippen LogP contribution in [0.5, 0.6) is 0 Å². The molecule has 0 bridgehead atoms. The summed E-state index contributed by atoms with van der Waals surface area (Å²) in [6, 6.07) is 0. The van der Waals surface area contributed by atoms with E-state index in [0.29, 0.717) is 25.0 Å². The molecule has 118 valence electrons. The normalized spacial score (nSPS) is 29.8. The molecule has 3 atom stereocenters. The topological polar surface area (TPSA) is 75.0 Å². The van der Waals surface area contributed by atoms with Gasteiger partial charge in [-0.15, -0.1) is 0 Å². The van der Waals surface area contributed by atoms with E-state index in [4.69, 9.17) is 18.6 Å². The third-order valence-electron chi connectivity index (χ3n) is 5.06. The van der Waals surface area contributed by atoms with Crippen molar-refractivity contribution in [1.82, 2.24) is 0 Å². The SMILES string of the molecule is COC1CC2=C(c3oc(=O)c4c(c31)CCC4=O)C1C=COC1O2. The third kappa shape index (κ3) is 1.56. The van der Waals surface area contributed by atoms with Gasteiger partial charge in [-0.25, -0.2) is 4.79 Å². The van der Waals surface area contributed by atoms with Crippen LogP contribution in [0.1, 0.15) is 46.2 Å². The highest BCUT2D eigenvalue weighted by molar-refractivity contribution is 6.00. The maximum absolute atomic E-state index is 12.3. The van der Waals surface area contributed by atoms with Crippen LogP contribution in [-0.2, 0) is 20.6 Å². The van der Waals surface area contributed by atoms with E-state index < -0.39 is 11.9 Å². The van der Waals surface area contributed by atoms with Crippen LogP contribution in [0, 0.1) is 5.92 Å². The first kappa shape index (κ1) is 13.1. The largest absolute Gasteiger partial charge is 0.462 e. The van der Waals surface area contributed by atoms with Gasteiger partial charge in [-0.05, 0) is 18.1 Å². The van der Waals surface area contributed by atoms with Gasteiger partial charge >= 0.3 is 5.63 Å². The molecule has 1 aromatic rings. The second kappa shape index (κ2) is 4.35. The Labute approximate surface area is 131 Å². The standard InChI is InChI=1S/C17H14O6/c1-20-10-6-11-14(8-4-5-21-17(8)22-11)15-13(10)7-2-3-9(18)12(7)16(19)23-15/h4-5,8,10,17H,2-3,6H2,1H3. The molecule has 3 heterocycles. The van der Waals surface area contributed by atoms with E-state index in [1.54, 1.807) is 13.4 Å². The van der Waals surface area contributed by atoms with Crippen molar-refractivity contribution in [2.75, 3.05) is 7.11 Å². The lowest BCUT2D eigenvalue weighted by Crippen LogP contribution is -2.21. The number of carbonyl (C=O) groups excluding carboxylic acids is 1. The number of ether oxygens (including phenoxy) is 3. The number of ketones is 1. The van der Waals surface area contributed by atoms with Gasteiger partial charge in [0.1, 0.15) is 17.1 Å². The van der Waals surface area contributed by atoms with Crippen molar-refractivity contribution < 1.29 is 23.4 Å². The van der Waals surface area contributed by atoms with Gasteiger partial charge in [0, 0.05) is 31.1 Å². The number of methoxy groups -OCH3 is 1. The highest BCUT2D eigenvalue weighted by Crippen LogP contribution is 2.51. The van der Waals surface area contributed by atoms with Crippen LogP contribution in [0.4, 0.5) is 0 Å². The van der Waals surface area contributed by atoms with Gasteiger partial charge in [-0.2, -0.15) is 0 Å². The molecule has 3 unspecified atom stereocenters. The maximum Gasteiger partial charge on any atom is 0.347 e. The Kier molecular flexibility index (Phi) is 2.48. The van der Waals surface area contributed by atoms with Crippen LogP contribution in [0.2, 0.25) is 0 Å². The third-order valence-corrected chi connectivity index (χ3v) is 5.06. The quantitative estimate of drug-likeness (QED) is 0.790. The van der Waals surface area contributed by atoms with Crippen LogP contribution in [0.15, 0.2) is 27.3 Å². The lowest BCUT2D eigenvalue weighted by molar-refractivity contribution is -0.0632. The van der Waals surface area contributed by atoms with Gasteiger partial charge in [0.2, 0.25) is 6.29 Å². The fourth-order valence-electron chi connectivity index (χ4n) is 4.05. The first-order chi connectivity index (χ1) is 11.2. The molecule has 0 fully saturated rings. The molecule has 1 aromatic heterocycles. The van der Waals surface area contributed by atoms with E-state index in [0.717, 1.165) is 22.5 Å². The Morgan fingerprint density at radius 3 is 2.96 bits per heavy atom. The van der Waals surface area contributed by atoms with E-state index in [9.17, 15) is 9.59 Å². The van der Waals surface area contributed by atoms with Crippen molar-refractivity contribution >= 4 is 11.4 Å². The summed E-state index contributed by atoms with van der Waals surface area (Å²) < 4.78 is 22.5. The lowest BCUT2D eigenvalue weighted by atomic mass is 9.84. The first-order valence-corrected chi connectivity index (χ1v) is 7.67. The van der Waals surface area contributed by atoms with Crippen molar-refractivity contribution in [2.45, 2.75) is 31.7 Å². The minimum Gasteiger partial charge on any atom is -0.462 e. The van der Waals surface area contributed by atoms with Crippen molar-refractivity contribution in [2.24, 2.45) is 5.92 Å². The van der Waals surface area contributed by atoms with Crippen LogP contribution < -0.4 is 5.63 Å². The Bertz CT molecular complexity index is 859. The molecule has 2 aliphatic heterocycles. The molecule has 2 aliphatic carbocycles. The summed E-state index contributed by atoms with van der Waals surface area (Å²) in [5.41, 5.74) is 2.10. The maximum atomic E-state index is 12.3. The molecule has 0 spiro atoms. The highest BCUT2D eigenvalue weighted by atomic mass is 16.7. The molecule has 4 aliphatic rings. The molecule has 0 saturated heterocycles. The molecule has 0 aromatic carbocycles. The number of Topliss-reactive ketones (excluding diaryl/α,β-unsaturated/α-hetero) is 1. The molecule has 5 rings (SSSR count). The van der Waals surface area contributed by atoms with Gasteiger partial charge in [0.25, 0.3) is 0 Å². The molecule has 23 heavy (non-hydrogen) atoms. The fraction of sp³-hybridized carbons (Fsp3) is 0.412. The van der Waals surface area contributed by atoms with Crippen LogP contribution in [-0.4, -0.2) is 19.2 Å². The Balaban J connectivity index is 1.80.